The minimum absolute atomic E-state index is 0.00222. The summed E-state index contributed by atoms with van der Waals surface area (Å²) in [4.78, 5) is 3.84. The number of nitrogens with zero attached hydrogens (tertiary/aromatic N) is 4. The number of fused-ring (bicyclic) bond motifs is 1. The molecule has 1 N–H and O–H groups in total. The number of benzene rings is 2. The zero-order chi connectivity index (χ0) is 29.2. The first-order valence-corrected chi connectivity index (χ1v) is 15.4. The van der Waals surface area contributed by atoms with Crippen LogP contribution in [0.25, 0.3) is 0 Å². The molecule has 2 aromatic carbocycles. The molecule has 40 heavy (non-hydrogen) atoms. The molecule has 1 aromatic heterocycles. The molecule has 2 heterocycles. The molecule has 1 aliphatic rings. The predicted molar refractivity (Wildman–Crippen MR) is 146 cm³/mol. The van der Waals surface area contributed by atoms with Crippen LogP contribution in [0.15, 0.2) is 64.9 Å². The maximum Gasteiger partial charge on any atom is 0.261 e. The molecule has 3 aromatic rings. The van der Waals surface area contributed by atoms with Crippen LogP contribution in [-0.2, 0) is 27.1 Å². The summed E-state index contributed by atoms with van der Waals surface area (Å²) in [6.45, 7) is 2.87. The number of hydrogen-bond donors (Lipinski definition) is 1. The van der Waals surface area contributed by atoms with Crippen molar-refractivity contribution in [1.29, 1.82) is 0 Å². The summed E-state index contributed by atoms with van der Waals surface area (Å²) in [5.74, 6) is 5.01. The molecular formula is C27H31FN4O6S2. The quantitative estimate of drug-likeness (QED) is 0.436. The van der Waals surface area contributed by atoms with Crippen LogP contribution in [0.1, 0.15) is 25.0 Å². The minimum Gasteiger partial charge on any atom is -0.487 e. The van der Waals surface area contributed by atoms with Gasteiger partial charge >= 0.3 is 0 Å². The molecule has 13 heteroatoms. The number of halogens is 1. The van der Waals surface area contributed by atoms with Gasteiger partial charge in [-0.25, -0.2) is 26.2 Å². The minimum atomic E-state index is -4.08. The highest BCUT2D eigenvalue weighted by atomic mass is 32.2. The van der Waals surface area contributed by atoms with Crippen LogP contribution in [0.2, 0.25) is 0 Å². The lowest BCUT2D eigenvalue weighted by Crippen LogP contribution is -2.50. The van der Waals surface area contributed by atoms with Gasteiger partial charge in [0.05, 0.1) is 19.5 Å². The Balaban J connectivity index is 1.74. The van der Waals surface area contributed by atoms with Gasteiger partial charge in [-0.2, -0.15) is 8.61 Å². The maximum absolute atomic E-state index is 13.7. The summed E-state index contributed by atoms with van der Waals surface area (Å²) in [7, 11) is -4.95. The fourth-order valence-corrected chi connectivity index (χ4v) is 7.20. The molecule has 0 unspecified atom stereocenters. The second-order valence-corrected chi connectivity index (χ2v) is 13.7. The van der Waals surface area contributed by atoms with Crippen LogP contribution in [0, 0.1) is 23.6 Å². The van der Waals surface area contributed by atoms with E-state index in [0.29, 0.717) is 11.1 Å². The molecular weight excluding hydrogens is 559 g/mol. The summed E-state index contributed by atoms with van der Waals surface area (Å²) < 4.78 is 77.0. The fourth-order valence-electron chi connectivity index (χ4n) is 4.23. The number of aliphatic hydroxyl groups excluding tert-OH is 1. The third-order valence-corrected chi connectivity index (χ3v) is 10.4. The molecule has 3 atom stereocenters. The number of rotatable bonds is 6. The molecule has 0 radical (unpaired) electrons. The first kappa shape index (κ1) is 29.7. The highest BCUT2D eigenvalue weighted by Gasteiger charge is 2.39. The van der Waals surface area contributed by atoms with Gasteiger partial charge in [0.2, 0.25) is 10.0 Å². The SMILES string of the molecule is C[C@H]1CN([C@@H](C)CO)S(=O)(=O)c2ccc(C#Cc3ccc(F)cc3)cc2O[C@@H]1CN(C)S(=O)(=O)c1cn(C)cn1. The Hall–Kier alpha value is -3.28. The number of imidazole rings is 1. The Morgan fingerprint density at radius 3 is 2.48 bits per heavy atom. The van der Waals surface area contributed by atoms with Crippen LogP contribution < -0.4 is 4.74 Å². The molecule has 214 valence electrons. The molecule has 0 saturated carbocycles. The van der Waals surface area contributed by atoms with Crippen LogP contribution in [0.4, 0.5) is 4.39 Å². The van der Waals surface area contributed by atoms with Gasteiger partial charge in [-0.05, 0) is 49.4 Å². The van der Waals surface area contributed by atoms with Gasteiger partial charge in [-0.15, -0.1) is 0 Å². The van der Waals surface area contributed by atoms with Crippen molar-refractivity contribution in [1.82, 2.24) is 18.2 Å². The molecule has 0 spiro atoms. The third-order valence-electron chi connectivity index (χ3n) is 6.66. The number of aryl methyl sites for hydroxylation is 1. The predicted octanol–water partition coefficient (Wildman–Crippen LogP) is 2.05. The van der Waals surface area contributed by atoms with E-state index in [1.54, 1.807) is 20.9 Å². The van der Waals surface area contributed by atoms with E-state index in [0.717, 1.165) is 4.31 Å². The number of aromatic nitrogens is 2. The van der Waals surface area contributed by atoms with E-state index in [1.807, 2.05) is 0 Å². The van der Waals surface area contributed by atoms with Crippen molar-refractivity contribution >= 4 is 20.0 Å². The standard InChI is InChI=1S/C27H31FN4O6S2/c1-19-14-32(20(2)17-33)39(34,35)26-12-9-22(6-5-21-7-10-23(28)11-8-21)13-24(26)38-25(19)15-31(4)40(36,37)27-16-30(3)18-29-27/h7-13,16,18-20,25,33H,14-15,17H2,1-4H3/t19-,20-,25+/m0/s1. The lowest BCUT2D eigenvalue weighted by atomic mass is 10.0. The van der Waals surface area contributed by atoms with Gasteiger partial charge in [0.1, 0.15) is 22.6 Å². The Labute approximate surface area is 234 Å². The van der Waals surface area contributed by atoms with E-state index in [9.17, 15) is 26.3 Å². The average Bonchev–Trinajstić information content (AvgIpc) is 3.36. The van der Waals surface area contributed by atoms with Gasteiger partial charge in [0, 0.05) is 49.9 Å². The molecule has 10 nitrogen and oxygen atoms in total. The van der Waals surface area contributed by atoms with E-state index in [-0.39, 0.29) is 34.6 Å². The summed E-state index contributed by atoms with van der Waals surface area (Å²) >= 11 is 0. The van der Waals surface area contributed by atoms with Crippen molar-refractivity contribution in [3.05, 3.63) is 71.9 Å². The molecule has 0 saturated heterocycles. The molecule has 4 rings (SSSR count). The summed E-state index contributed by atoms with van der Waals surface area (Å²) in [5, 5.41) is 9.71. The van der Waals surface area contributed by atoms with Gasteiger partial charge in [-0.1, -0.05) is 18.8 Å². The van der Waals surface area contributed by atoms with Crippen molar-refractivity contribution in [3.63, 3.8) is 0 Å². The zero-order valence-corrected chi connectivity index (χ0v) is 24.2. The number of hydrogen-bond acceptors (Lipinski definition) is 7. The molecule has 0 amide bonds. The third kappa shape index (κ3) is 6.21. The second kappa shape index (κ2) is 11.7. The first-order chi connectivity index (χ1) is 18.8. The molecule has 0 fully saturated rings. The van der Waals surface area contributed by atoms with Crippen molar-refractivity contribution in [3.8, 4) is 17.6 Å². The van der Waals surface area contributed by atoms with Crippen LogP contribution in [0.5, 0.6) is 5.75 Å². The van der Waals surface area contributed by atoms with Gasteiger partial charge in [0.25, 0.3) is 10.0 Å². The van der Waals surface area contributed by atoms with E-state index in [1.165, 1.54) is 70.9 Å². The van der Waals surface area contributed by atoms with Gasteiger partial charge in [0.15, 0.2) is 5.03 Å². The lowest BCUT2D eigenvalue weighted by molar-refractivity contribution is 0.0904. The monoisotopic (exact) mass is 590 g/mol. The molecule has 1 aliphatic heterocycles. The highest BCUT2D eigenvalue weighted by molar-refractivity contribution is 7.89. The Bertz CT molecular complexity index is 1650. The van der Waals surface area contributed by atoms with Crippen LogP contribution >= 0.6 is 0 Å². The zero-order valence-electron chi connectivity index (χ0n) is 22.5. The second-order valence-electron chi connectivity index (χ2n) is 9.82. The van der Waals surface area contributed by atoms with E-state index < -0.39 is 44.7 Å². The highest BCUT2D eigenvalue weighted by Crippen LogP contribution is 2.34. The van der Waals surface area contributed by atoms with E-state index in [4.69, 9.17) is 4.74 Å². The van der Waals surface area contributed by atoms with Gasteiger partial charge < -0.3 is 14.4 Å². The summed E-state index contributed by atoms with van der Waals surface area (Å²) in [5.41, 5.74) is 1.01. The number of ether oxygens (including phenoxy) is 1. The fraction of sp³-hybridized carbons (Fsp3) is 0.370. The van der Waals surface area contributed by atoms with Crippen molar-refractivity contribution in [2.24, 2.45) is 13.0 Å². The number of sulfonamides is 2. The number of aliphatic hydroxyl groups is 1. The number of likely N-dealkylation sites (N-methyl/N-ethyl adjacent to an activating group) is 1. The van der Waals surface area contributed by atoms with Crippen molar-refractivity contribution < 1.29 is 31.1 Å². The smallest absolute Gasteiger partial charge is 0.261 e. The van der Waals surface area contributed by atoms with E-state index >= 15 is 0 Å². The van der Waals surface area contributed by atoms with Gasteiger partial charge in [-0.3, -0.25) is 0 Å². The molecule has 0 aliphatic carbocycles. The summed E-state index contributed by atoms with van der Waals surface area (Å²) in [6.07, 6.45) is 2.03. The van der Waals surface area contributed by atoms with E-state index in [2.05, 4.69) is 16.8 Å². The topological polar surface area (TPSA) is 122 Å². The largest absolute Gasteiger partial charge is 0.487 e. The van der Waals surface area contributed by atoms with Crippen molar-refractivity contribution in [2.45, 2.75) is 35.9 Å². The Kier molecular flexibility index (Phi) is 8.67. The normalized spacial score (nSPS) is 20.0. The molecule has 0 bridgehead atoms. The maximum atomic E-state index is 13.7. The Morgan fingerprint density at radius 2 is 1.85 bits per heavy atom. The van der Waals surface area contributed by atoms with Crippen molar-refractivity contribution in [2.75, 3.05) is 26.7 Å². The van der Waals surface area contributed by atoms with Crippen LogP contribution in [0.3, 0.4) is 0 Å². The Morgan fingerprint density at radius 1 is 1.20 bits per heavy atom. The first-order valence-electron chi connectivity index (χ1n) is 12.5. The van der Waals surface area contributed by atoms with Crippen LogP contribution in [-0.4, -0.2) is 79.0 Å². The lowest BCUT2D eigenvalue weighted by Gasteiger charge is -2.37. The summed E-state index contributed by atoms with van der Waals surface area (Å²) in [6, 6.07) is 9.32. The average molecular weight is 591 g/mol.